The second-order valence-electron chi connectivity index (χ2n) is 9.09. The Balaban J connectivity index is 2.28. The molecule has 0 spiro atoms. The van der Waals surface area contributed by atoms with Crippen molar-refractivity contribution in [3.8, 4) is 11.5 Å². The zero-order valence-electron chi connectivity index (χ0n) is 21.0. The van der Waals surface area contributed by atoms with Gasteiger partial charge in [0.1, 0.15) is 0 Å². The maximum atomic E-state index is 10.0. The molecule has 186 valence electrons. The normalized spacial score (nSPS) is 11.5. The van der Waals surface area contributed by atoms with Crippen LogP contribution in [0.3, 0.4) is 0 Å². The molecule has 2 N–H and O–H groups in total. The Morgan fingerprint density at radius 2 is 1.16 bits per heavy atom. The third-order valence-corrected chi connectivity index (χ3v) is 6.09. The monoisotopic (exact) mass is 450 g/mol. The van der Waals surface area contributed by atoms with E-state index in [-0.39, 0.29) is 17.8 Å². The fraction of sp³-hybridized carbons (Fsp3) is 0.786. The summed E-state index contributed by atoms with van der Waals surface area (Å²) in [5.74, 6) is -0.0542. The summed E-state index contributed by atoms with van der Waals surface area (Å²) in [7, 11) is 0. The van der Waals surface area contributed by atoms with E-state index in [4.69, 9.17) is 9.47 Å². The number of ether oxygens (including phenoxy) is 2. The Bertz CT molecular complexity index is 526. The molecule has 0 bridgehead atoms. The van der Waals surface area contributed by atoms with E-state index in [0.717, 1.165) is 44.5 Å². The van der Waals surface area contributed by atoms with Crippen LogP contribution in [0.25, 0.3) is 0 Å². The lowest BCUT2D eigenvalue weighted by Gasteiger charge is -2.19. The van der Waals surface area contributed by atoms with Crippen molar-refractivity contribution in [3.05, 3.63) is 23.8 Å². The molecule has 1 aromatic rings. The van der Waals surface area contributed by atoms with Gasteiger partial charge >= 0.3 is 0 Å². The number of hydrogen-bond donors (Lipinski definition) is 2. The third-order valence-electron chi connectivity index (χ3n) is 6.09. The molecule has 0 atom stereocenters. The van der Waals surface area contributed by atoms with Gasteiger partial charge in [0.25, 0.3) is 0 Å². The number of benzene rings is 1. The van der Waals surface area contributed by atoms with Crippen molar-refractivity contribution in [2.75, 3.05) is 13.2 Å². The molecule has 0 aliphatic carbocycles. The lowest BCUT2D eigenvalue weighted by atomic mass is 10.1. The number of aromatic hydroxyl groups is 2. The molecule has 0 saturated heterocycles. The van der Waals surface area contributed by atoms with E-state index >= 15 is 0 Å². The average Bonchev–Trinajstić information content (AvgIpc) is 2.79. The van der Waals surface area contributed by atoms with Crippen molar-refractivity contribution in [1.29, 1.82) is 0 Å². The molecule has 0 amide bonds. The molecule has 4 nitrogen and oxygen atoms in total. The number of para-hydroxylation sites is 1. The van der Waals surface area contributed by atoms with Gasteiger partial charge in [-0.05, 0) is 43.7 Å². The lowest BCUT2D eigenvalue weighted by molar-refractivity contribution is -0.147. The molecule has 0 unspecified atom stereocenters. The van der Waals surface area contributed by atoms with Crippen molar-refractivity contribution in [2.45, 2.75) is 129 Å². The van der Waals surface area contributed by atoms with Crippen LogP contribution in [0.5, 0.6) is 11.5 Å². The van der Waals surface area contributed by atoms with E-state index in [1.165, 1.54) is 83.1 Å². The van der Waals surface area contributed by atoms with E-state index in [1.54, 1.807) is 6.07 Å². The zero-order chi connectivity index (χ0) is 23.3. The van der Waals surface area contributed by atoms with Crippen LogP contribution in [0.2, 0.25) is 0 Å². The van der Waals surface area contributed by atoms with Crippen LogP contribution in [0, 0.1) is 0 Å². The van der Waals surface area contributed by atoms with E-state index in [9.17, 15) is 10.2 Å². The molecule has 0 fully saturated rings. The lowest BCUT2D eigenvalue weighted by Crippen LogP contribution is -2.19. The van der Waals surface area contributed by atoms with Crippen molar-refractivity contribution >= 4 is 0 Å². The van der Waals surface area contributed by atoms with Gasteiger partial charge in [-0.15, -0.1) is 0 Å². The fourth-order valence-corrected chi connectivity index (χ4v) is 4.00. The third kappa shape index (κ3) is 14.7. The highest BCUT2D eigenvalue weighted by molar-refractivity contribution is 5.44. The maximum Gasteiger partial charge on any atom is 0.160 e. The number of phenolic OH excluding ortho intramolecular Hbond substituents is 2. The number of unbranched alkanes of at least 4 members (excludes halogenated alkanes) is 12. The first-order chi connectivity index (χ1) is 15.7. The Kier molecular flexibility index (Phi) is 18.3. The summed E-state index contributed by atoms with van der Waals surface area (Å²) in [5.41, 5.74) is 0.780. The van der Waals surface area contributed by atoms with Crippen LogP contribution in [-0.4, -0.2) is 29.7 Å². The molecule has 1 aromatic carbocycles. The van der Waals surface area contributed by atoms with Gasteiger partial charge in [0.15, 0.2) is 17.8 Å². The van der Waals surface area contributed by atoms with Crippen LogP contribution in [-0.2, 0) is 15.9 Å². The molecular formula is C28H50O4. The highest BCUT2D eigenvalue weighted by Crippen LogP contribution is 2.29. The second kappa shape index (κ2) is 20.4. The standard InChI is InChI=1S/C28H50O4/c1-3-5-7-9-11-13-15-23-31-27(32-24-16-14-12-10-8-6-4-2)22-18-20-25-19-17-21-26(29)28(25)30/h17,19,21,27,29-30H,3-16,18,20,22-24H2,1-2H3. The minimum atomic E-state index is -0.172. The van der Waals surface area contributed by atoms with Gasteiger partial charge < -0.3 is 19.7 Å². The molecule has 1 rings (SSSR count). The fourth-order valence-electron chi connectivity index (χ4n) is 4.00. The summed E-state index contributed by atoms with van der Waals surface area (Å²) >= 11 is 0. The minimum Gasteiger partial charge on any atom is -0.504 e. The van der Waals surface area contributed by atoms with Gasteiger partial charge in [0, 0.05) is 13.2 Å². The van der Waals surface area contributed by atoms with Crippen LogP contribution in [0.4, 0.5) is 0 Å². The number of aryl methyl sites for hydroxylation is 1. The molecule has 0 saturated carbocycles. The Morgan fingerprint density at radius 3 is 1.69 bits per heavy atom. The largest absolute Gasteiger partial charge is 0.504 e. The van der Waals surface area contributed by atoms with E-state index in [1.807, 2.05) is 6.07 Å². The van der Waals surface area contributed by atoms with Crippen LogP contribution >= 0.6 is 0 Å². The minimum absolute atomic E-state index is 0.00275. The number of phenols is 2. The van der Waals surface area contributed by atoms with Crippen LogP contribution in [0.1, 0.15) is 122 Å². The van der Waals surface area contributed by atoms with Crippen molar-refractivity contribution in [3.63, 3.8) is 0 Å². The highest BCUT2D eigenvalue weighted by atomic mass is 16.7. The van der Waals surface area contributed by atoms with Gasteiger partial charge in [-0.3, -0.25) is 0 Å². The molecule has 0 aliphatic rings. The van der Waals surface area contributed by atoms with Crippen molar-refractivity contribution < 1.29 is 19.7 Å². The Hall–Kier alpha value is -1.26. The smallest absolute Gasteiger partial charge is 0.160 e. The SMILES string of the molecule is CCCCCCCCCOC(CCCc1cccc(O)c1O)OCCCCCCCCC. The zero-order valence-corrected chi connectivity index (χ0v) is 21.0. The summed E-state index contributed by atoms with van der Waals surface area (Å²) in [4.78, 5) is 0. The predicted molar refractivity (Wildman–Crippen MR) is 134 cm³/mol. The summed E-state index contributed by atoms with van der Waals surface area (Å²) in [5, 5.41) is 19.7. The van der Waals surface area contributed by atoms with Gasteiger partial charge in [-0.1, -0.05) is 103 Å². The second-order valence-corrected chi connectivity index (χ2v) is 9.09. The molecule has 0 radical (unpaired) electrons. The topological polar surface area (TPSA) is 58.9 Å². The molecule has 4 heteroatoms. The van der Waals surface area contributed by atoms with Gasteiger partial charge in [0.2, 0.25) is 0 Å². The van der Waals surface area contributed by atoms with Crippen LogP contribution in [0.15, 0.2) is 18.2 Å². The van der Waals surface area contributed by atoms with E-state index < -0.39 is 0 Å². The molecule has 0 aromatic heterocycles. The summed E-state index contributed by atoms with van der Waals surface area (Å²) in [6.07, 6.45) is 20.1. The molecule has 0 heterocycles. The number of hydrogen-bond acceptors (Lipinski definition) is 4. The maximum absolute atomic E-state index is 10.0. The Morgan fingerprint density at radius 1 is 0.656 bits per heavy atom. The quantitative estimate of drug-likeness (QED) is 0.106. The molecule has 32 heavy (non-hydrogen) atoms. The van der Waals surface area contributed by atoms with Gasteiger partial charge in [-0.25, -0.2) is 0 Å². The van der Waals surface area contributed by atoms with Gasteiger partial charge in [-0.2, -0.15) is 0 Å². The van der Waals surface area contributed by atoms with Gasteiger partial charge in [0.05, 0.1) is 0 Å². The van der Waals surface area contributed by atoms with Crippen LogP contribution < -0.4 is 0 Å². The molecular weight excluding hydrogens is 400 g/mol. The van der Waals surface area contributed by atoms with E-state index in [0.29, 0.717) is 6.42 Å². The molecule has 0 aliphatic heterocycles. The Labute approximate surface area is 197 Å². The van der Waals surface area contributed by atoms with Crippen molar-refractivity contribution in [1.82, 2.24) is 0 Å². The summed E-state index contributed by atoms with van der Waals surface area (Å²) in [6, 6.07) is 5.15. The van der Waals surface area contributed by atoms with Crippen molar-refractivity contribution in [2.24, 2.45) is 0 Å². The highest BCUT2D eigenvalue weighted by Gasteiger charge is 2.11. The first-order valence-corrected chi connectivity index (χ1v) is 13.4. The predicted octanol–water partition coefficient (Wildman–Crippen LogP) is 8.28. The first-order valence-electron chi connectivity index (χ1n) is 13.4. The van der Waals surface area contributed by atoms with E-state index in [2.05, 4.69) is 13.8 Å². The first kappa shape index (κ1) is 28.8. The summed E-state index contributed by atoms with van der Waals surface area (Å²) < 4.78 is 12.2. The average molecular weight is 451 g/mol. The number of rotatable bonds is 22. The summed E-state index contributed by atoms with van der Waals surface area (Å²) in [6.45, 7) is 6.02.